The minimum Gasteiger partial charge on any atom is -0.254 e. The third-order valence-corrected chi connectivity index (χ3v) is 6.25. The largest absolute Gasteiger partial charge is 0.269 e. The van der Waals surface area contributed by atoms with E-state index in [2.05, 4.69) is 4.98 Å². The topological polar surface area (TPSA) is 69.0 Å². The Labute approximate surface area is 131 Å². The average Bonchev–Trinajstić information content (AvgIpc) is 2.98. The molecule has 2 heterocycles. The van der Waals surface area contributed by atoms with Crippen LogP contribution in [0.15, 0.2) is 64.6 Å². The highest BCUT2D eigenvalue weighted by Crippen LogP contribution is 2.22. The molecule has 114 valence electrons. The lowest BCUT2D eigenvalue weighted by atomic mass is 10.3. The fraction of sp³-hybridized carbons (Fsp3) is 0.133. The van der Waals surface area contributed by atoms with Gasteiger partial charge in [-0.3, -0.25) is 4.21 Å². The SMILES string of the molecule is CCS(=O)c1cnc2c(ccn2S(=O)(=O)c2ccccc2)c1. The number of aromatic nitrogens is 2. The van der Waals surface area contributed by atoms with Crippen molar-refractivity contribution in [3.8, 4) is 0 Å². The van der Waals surface area contributed by atoms with Gasteiger partial charge in [0.15, 0.2) is 5.65 Å². The van der Waals surface area contributed by atoms with Crippen LogP contribution in [0.3, 0.4) is 0 Å². The molecule has 1 aromatic carbocycles. The number of pyridine rings is 1. The van der Waals surface area contributed by atoms with Crippen LogP contribution in [0.2, 0.25) is 0 Å². The van der Waals surface area contributed by atoms with Crippen molar-refractivity contribution in [3.63, 3.8) is 0 Å². The molecule has 3 aromatic rings. The van der Waals surface area contributed by atoms with Gasteiger partial charge in [0.05, 0.1) is 20.6 Å². The van der Waals surface area contributed by atoms with E-state index in [-0.39, 0.29) is 4.90 Å². The number of rotatable bonds is 4. The van der Waals surface area contributed by atoms with Crippen LogP contribution < -0.4 is 0 Å². The maximum Gasteiger partial charge on any atom is 0.269 e. The Balaban J connectivity index is 2.15. The van der Waals surface area contributed by atoms with Crippen molar-refractivity contribution in [2.45, 2.75) is 16.7 Å². The molecule has 0 aliphatic rings. The molecule has 1 atom stereocenters. The van der Waals surface area contributed by atoms with E-state index < -0.39 is 20.8 Å². The van der Waals surface area contributed by atoms with E-state index in [1.54, 1.807) is 42.5 Å². The fourth-order valence-electron chi connectivity index (χ4n) is 2.17. The first-order valence-electron chi connectivity index (χ1n) is 6.70. The van der Waals surface area contributed by atoms with Crippen LogP contribution in [0, 0.1) is 0 Å². The highest BCUT2D eigenvalue weighted by atomic mass is 32.2. The molecule has 22 heavy (non-hydrogen) atoms. The molecule has 0 spiro atoms. The van der Waals surface area contributed by atoms with E-state index in [0.29, 0.717) is 21.7 Å². The summed E-state index contributed by atoms with van der Waals surface area (Å²) in [4.78, 5) is 5.00. The summed E-state index contributed by atoms with van der Waals surface area (Å²) in [5.41, 5.74) is 0.334. The van der Waals surface area contributed by atoms with Crippen molar-refractivity contribution in [1.82, 2.24) is 8.96 Å². The number of benzene rings is 1. The molecule has 0 amide bonds. The first-order chi connectivity index (χ1) is 10.5. The molecule has 7 heteroatoms. The Morgan fingerprint density at radius 3 is 2.59 bits per heavy atom. The summed E-state index contributed by atoms with van der Waals surface area (Å²) in [5, 5.41) is 0.652. The van der Waals surface area contributed by atoms with E-state index >= 15 is 0 Å². The zero-order valence-corrected chi connectivity index (χ0v) is 13.5. The number of nitrogens with zero attached hydrogens (tertiary/aromatic N) is 2. The summed E-state index contributed by atoms with van der Waals surface area (Å²) in [6.45, 7) is 1.82. The molecule has 5 nitrogen and oxygen atoms in total. The van der Waals surface area contributed by atoms with Crippen LogP contribution in [-0.4, -0.2) is 27.3 Å². The van der Waals surface area contributed by atoms with Gasteiger partial charge in [0.1, 0.15) is 0 Å². The van der Waals surface area contributed by atoms with Gasteiger partial charge in [-0.25, -0.2) is 17.4 Å². The van der Waals surface area contributed by atoms with E-state index in [0.717, 1.165) is 3.97 Å². The Bertz CT molecular complexity index is 947. The molecule has 0 aliphatic carbocycles. The normalized spacial score (nSPS) is 13.3. The fourth-order valence-corrected chi connectivity index (χ4v) is 4.26. The van der Waals surface area contributed by atoms with Gasteiger partial charge in [-0.1, -0.05) is 25.1 Å². The van der Waals surface area contributed by atoms with Crippen molar-refractivity contribution in [1.29, 1.82) is 0 Å². The van der Waals surface area contributed by atoms with Crippen LogP contribution >= 0.6 is 0 Å². The maximum absolute atomic E-state index is 12.6. The molecule has 0 saturated carbocycles. The first-order valence-corrected chi connectivity index (χ1v) is 9.46. The average molecular weight is 334 g/mol. The molecular weight excluding hydrogens is 320 g/mol. The van der Waals surface area contributed by atoms with E-state index in [4.69, 9.17) is 0 Å². The summed E-state index contributed by atoms with van der Waals surface area (Å²) in [5.74, 6) is 0.496. The van der Waals surface area contributed by atoms with Crippen molar-refractivity contribution in [3.05, 3.63) is 54.9 Å². The summed E-state index contributed by atoms with van der Waals surface area (Å²) < 4.78 is 38.3. The molecule has 0 saturated heterocycles. The summed E-state index contributed by atoms with van der Waals surface area (Å²) >= 11 is 0. The number of fused-ring (bicyclic) bond motifs is 1. The monoisotopic (exact) mass is 334 g/mol. The molecule has 0 fully saturated rings. The van der Waals surface area contributed by atoms with Crippen LogP contribution in [0.4, 0.5) is 0 Å². The summed E-state index contributed by atoms with van der Waals surface area (Å²) in [6, 6.07) is 11.6. The van der Waals surface area contributed by atoms with Crippen LogP contribution in [0.1, 0.15) is 6.92 Å². The second-order valence-electron chi connectivity index (χ2n) is 4.65. The quantitative estimate of drug-likeness (QED) is 0.735. The lowest BCUT2D eigenvalue weighted by Gasteiger charge is -2.07. The Morgan fingerprint density at radius 1 is 1.18 bits per heavy atom. The Kier molecular flexibility index (Phi) is 3.84. The standard InChI is InChI=1S/C15H14N2O3S2/c1-2-21(18)13-10-12-8-9-17(15(12)16-11-13)22(19,20)14-6-4-3-5-7-14/h3-11H,2H2,1H3. The minimum atomic E-state index is -3.68. The van der Waals surface area contributed by atoms with Crippen molar-refractivity contribution in [2.24, 2.45) is 0 Å². The van der Waals surface area contributed by atoms with Gasteiger partial charge >= 0.3 is 0 Å². The molecule has 2 aromatic heterocycles. The first kappa shape index (κ1) is 14.9. The third kappa shape index (κ3) is 2.46. The highest BCUT2D eigenvalue weighted by Gasteiger charge is 2.19. The zero-order valence-electron chi connectivity index (χ0n) is 11.8. The second-order valence-corrected chi connectivity index (χ2v) is 8.20. The predicted octanol–water partition coefficient (Wildman–Crippen LogP) is 2.40. The number of hydrogen-bond acceptors (Lipinski definition) is 4. The Hall–Kier alpha value is -1.99. The third-order valence-electron chi connectivity index (χ3n) is 3.29. The Morgan fingerprint density at radius 2 is 1.91 bits per heavy atom. The van der Waals surface area contributed by atoms with E-state index in [1.807, 2.05) is 6.92 Å². The molecule has 0 radical (unpaired) electrons. The van der Waals surface area contributed by atoms with Crippen LogP contribution in [-0.2, 0) is 20.8 Å². The zero-order chi connectivity index (χ0) is 15.7. The molecular formula is C15H14N2O3S2. The second kappa shape index (κ2) is 5.66. The predicted molar refractivity (Wildman–Crippen MR) is 85.7 cm³/mol. The molecule has 0 aliphatic heterocycles. The van der Waals surface area contributed by atoms with Gasteiger partial charge in [0.25, 0.3) is 10.0 Å². The van der Waals surface area contributed by atoms with Crippen molar-refractivity contribution < 1.29 is 12.6 Å². The lowest BCUT2D eigenvalue weighted by Crippen LogP contribution is -2.12. The van der Waals surface area contributed by atoms with Crippen LogP contribution in [0.5, 0.6) is 0 Å². The minimum absolute atomic E-state index is 0.204. The molecule has 3 rings (SSSR count). The number of hydrogen-bond donors (Lipinski definition) is 0. The van der Waals surface area contributed by atoms with E-state index in [1.165, 1.54) is 12.4 Å². The van der Waals surface area contributed by atoms with Crippen molar-refractivity contribution in [2.75, 3.05) is 5.75 Å². The van der Waals surface area contributed by atoms with Gasteiger partial charge in [-0.2, -0.15) is 0 Å². The molecule has 0 N–H and O–H groups in total. The smallest absolute Gasteiger partial charge is 0.254 e. The van der Waals surface area contributed by atoms with Gasteiger partial charge in [-0.15, -0.1) is 0 Å². The van der Waals surface area contributed by atoms with Crippen LogP contribution in [0.25, 0.3) is 11.0 Å². The summed E-state index contributed by atoms with van der Waals surface area (Å²) in [7, 11) is -4.80. The van der Waals surface area contributed by atoms with Gasteiger partial charge in [-0.05, 0) is 24.3 Å². The van der Waals surface area contributed by atoms with Gasteiger partial charge in [0.2, 0.25) is 0 Å². The van der Waals surface area contributed by atoms with E-state index in [9.17, 15) is 12.6 Å². The van der Waals surface area contributed by atoms with Crippen molar-refractivity contribution >= 4 is 31.9 Å². The lowest BCUT2D eigenvalue weighted by molar-refractivity contribution is 0.588. The van der Waals surface area contributed by atoms with Gasteiger partial charge < -0.3 is 0 Å². The maximum atomic E-state index is 12.6. The highest BCUT2D eigenvalue weighted by molar-refractivity contribution is 7.90. The molecule has 0 bridgehead atoms. The summed E-state index contributed by atoms with van der Waals surface area (Å²) in [6.07, 6.45) is 2.94. The molecule has 1 unspecified atom stereocenters. The van der Waals surface area contributed by atoms with Gasteiger partial charge in [0, 0.05) is 23.5 Å².